The number of nitrogens with zero attached hydrogens (tertiary/aromatic N) is 1. The van der Waals surface area contributed by atoms with E-state index in [4.69, 9.17) is 16.3 Å². The highest BCUT2D eigenvalue weighted by molar-refractivity contribution is 6.32. The Morgan fingerprint density at radius 3 is 2.95 bits per heavy atom. The van der Waals surface area contributed by atoms with Gasteiger partial charge in [0.1, 0.15) is 5.75 Å². The van der Waals surface area contributed by atoms with Crippen LogP contribution in [0.5, 0.6) is 5.75 Å². The summed E-state index contributed by atoms with van der Waals surface area (Å²) in [5, 5.41) is 3.37. The normalized spacial score (nSPS) is 19.4. The van der Waals surface area contributed by atoms with Gasteiger partial charge in [-0.3, -0.25) is 4.79 Å². The minimum absolute atomic E-state index is 0.0278. The second-order valence-electron chi connectivity index (χ2n) is 4.88. The number of nitrogens with one attached hydrogen (secondary N) is 1. The number of hydrogen-bond acceptors (Lipinski definition) is 3. The molecule has 1 amide bonds. The predicted molar refractivity (Wildman–Crippen MR) is 76.9 cm³/mol. The molecule has 0 saturated carbocycles. The van der Waals surface area contributed by atoms with E-state index in [1.165, 1.54) is 6.42 Å². The van der Waals surface area contributed by atoms with E-state index in [9.17, 15) is 4.79 Å². The lowest BCUT2D eigenvalue weighted by Gasteiger charge is -2.18. The van der Waals surface area contributed by atoms with Gasteiger partial charge in [0.2, 0.25) is 5.91 Å². The molecule has 1 aliphatic heterocycles. The Labute approximate surface area is 118 Å². The third-order valence-corrected chi connectivity index (χ3v) is 3.82. The summed E-state index contributed by atoms with van der Waals surface area (Å²) in [6, 6.07) is 5.60. The summed E-state index contributed by atoms with van der Waals surface area (Å²) in [4.78, 5) is 14.2. The van der Waals surface area contributed by atoms with Crippen LogP contribution in [0.2, 0.25) is 5.02 Å². The summed E-state index contributed by atoms with van der Waals surface area (Å²) < 4.78 is 5.08. The van der Waals surface area contributed by atoms with E-state index in [0.717, 1.165) is 13.0 Å². The van der Waals surface area contributed by atoms with Crippen molar-refractivity contribution >= 4 is 23.2 Å². The molecule has 1 aromatic rings. The highest BCUT2D eigenvalue weighted by Gasteiger charge is 2.23. The molecule has 1 saturated heterocycles. The largest absolute Gasteiger partial charge is 0.495 e. The molecule has 0 spiro atoms. The average Bonchev–Trinajstić information content (AvgIpc) is 2.75. The molecule has 2 rings (SSSR count). The van der Waals surface area contributed by atoms with E-state index in [1.54, 1.807) is 25.3 Å². The van der Waals surface area contributed by atoms with Crippen LogP contribution in [0.3, 0.4) is 0 Å². The fraction of sp³-hybridized carbons (Fsp3) is 0.500. The Morgan fingerprint density at radius 1 is 1.58 bits per heavy atom. The maximum Gasteiger partial charge on any atom is 0.225 e. The summed E-state index contributed by atoms with van der Waals surface area (Å²) in [5.41, 5.74) is 0.705. The molecule has 1 N–H and O–H groups in total. The van der Waals surface area contributed by atoms with Crippen molar-refractivity contribution in [3.8, 4) is 5.75 Å². The van der Waals surface area contributed by atoms with Gasteiger partial charge in [-0.05, 0) is 44.6 Å². The number of benzene rings is 1. The van der Waals surface area contributed by atoms with Crippen LogP contribution in [-0.2, 0) is 4.79 Å². The monoisotopic (exact) mass is 282 g/mol. The first-order valence-corrected chi connectivity index (χ1v) is 6.81. The van der Waals surface area contributed by atoms with Crippen molar-refractivity contribution in [1.29, 1.82) is 0 Å². The molecular weight excluding hydrogens is 264 g/mol. The molecule has 0 aromatic heterocycles. The smallest absolute Gasteiger partial charge is 0.225 e. The zero-order valence-corrected chi connectivity index (χ0v) is 12.0. The molecule has 1 atom stereocenters. The number of carbonyl (C=O) groups is 1. The summed E-state index contributed by atoms with van der Waals surface area (Å²) >= 11 is 6.02. The first-order valence-electron chi connectivity index (χ1n) is 6.44. The molecule has 0 aliphatic carbocycles. The number of methoxy groups -OCH3 is 1. The number of rotatable bonds is 4. The SMILES string of the molecule is COc1ccc(NC(=O)CC2CCCN2C)cc1Cl. The molecule has 0 bridgehead atoms. The minimum Gasteiger partial charge on any atom is -0.495 e. The van der Waals surface area contributed by atoms with Crippen molar-refractivity contribution in [3.05, 3.63) is 23.2 Å². The Balaban J connectivity index is 1.93. The van der Waals surface area contributed by atoms with Gasteiger partial charge in [-0.15, -0.1) is 0 Å². The van der Waals surface area contributed by atoms with Crippen LogP contribution >= 0.6 is 11.6 Å². The van der Waals surface area contributed by atoms with E-state index in [1.807, 2.05) is 0 Å². The lowest BCUT2D eigenvalue weighted by molar-refractivity contribution is -0.117. The second-order valence-corrected chi connectivity index (χ2v) is 5.29. The fourth-order valence-electron chi connectivity index (χ4n) is 2.41. The zero-order chi connectivity index (χ0) is 13.8. The molecule has 19 heavy (non-hydrogen) atoms. The van der Waals surface area contributed by atoms with Crippen LogP contribution < -0.4 is 10.1 Å². The van der Waals surface area contributed by atoms with Crippen molar-refractivity contribution in [1.82, 2.24) is 4.90 Å². The van der Waals surface area contributed by atoms with Crippen LogP contribution in [0.4, 0.5) is 5.69 Å². The number of amides is 1. The van der Waals surface area contributed by atoms with Crippen LogP contribution in [0.15, 0.2) is 18.2 Å². The molecule has 1 aromatic carbocycles. The van der Waals surface area contributed by atoms with Gasteiger partial charge in [0.05, 0.1) is 12.1 Å². The van der Waals surface area contributed by atoms with Crippen molar-refractivity contribution in [2.75, 3.05) is 26.0 Å². The maximum absolute atomic E-state index is 12.0. The first kappa shape index (κ1) is 14.2. The van der Waals surface area contributed by atoms with Gasteiger partial charge in [0, 0.05) is 18.2 Å². The summed E-state index contributed by atoms with van der Waals surface area (Å²) in [6.45, 7) is 1.08. The fourth-order valence-corrected chi connectivity index (χ4v) is 2.67. The topological polar surface area (TPSA) is 41.6 Å². The Morgan fingerprint density at radius 2 is 2.37 bits per heavy atom. The van der Waals surface area contributed by atoms with Crippen molar-refractivity contribution in [2.24, 2.45) is 0 Å². The highest BCUT2D eigenvalue weighted by atomic mass is 35.5. The minimum atomic E-state index is 0.0278. The third-order valence-electron chi connectivity index (χ3n) is 3.53. The first-order chi connectivity index (χ1) is 9.10. The van der Waals surface area contributed by atoms with Gasteiger partial charge in [-0.2, -0.15) is 0 Å². The van der Waals surface area contributed by atoms with Gasteiger partial charge >= 0.3 is 0 Å². The van der Waals surface area contributed by atoms with E-state index in [2.05, 4.69) is 17.3 Å². The lowest BCUT2D eigenvalue weighted by Crippen LogP contribution is -2.29. The van der Waals surface area contributed by atoms with Gasteiger partial charge in [0.15, 0.2) is 0 Å². The van der Waals surface area contributed by atoms with Gasteiger partial charge in [0.25, 0.3) is 0 Å². The van der Waals surface area contributed by atoms with Crippen molar-refractivity contribution in [3.63, 3.8) is 0 Å². The molecular formula is C14H19ClN2O2. The summed E-state index contributed by atoms with van der Waals surface area (Å²) in [7, 11) is 3.63. The standard InChI is InChI=1S/C14H19ClN2O2/c1-17-7-3-4-11(17)9-14(18)16-10-5-6-13(19-2)12(15)8-10/h5-6,8,11H,3-4,7,9H2,1-2H3,(H,16,18). The van der Waals surface area contributed by atoms with E-state index in [0.29, 0.717) is 28.9 Å². The molecule has 1 unspecified atom stereocenters. The predicted octanol–water partition coefficient (Wildman–Crippen LogP) is 2.77. The maximum atomic E-state index is 12.0. The summed E-state index contributed by atoms with van der Waals surface area (Å²) in [5.74, 6) is 0.634. The molecule has 1 aliphatic rings. The second kappa shape index (κ2) is 6.26. The number of anilines is 1. The zero-order valence-electron chi connectivity index (χ0n) is 11.3. The number of hydrogen-bond donors (Lipinski definition) is 1. The Bertz CT molecular complexity index is 465. The van der Waals surface area contributed by atoms with Crippen LogP contribution in [-0.4, -0.2) is 37.6 Å². The van der Waals surface area contributed by atoms with Crippen LogP contribution in [0.25, 0.3) is 0 Å². The van der Waals surface area contributed by atoms with Crippen LogP contribution in [0.1, 0.15) is 19.3 Å². The Kier molecular flexibility index (Phi) is 4.66. The molecule has 5 heteroatoms. The average molecular weight is 283 g/mol. The number of carbonyl (C=O) groups excluding carboxylic acids is 1. The van der Waals surface area contributed by atoms with Gasteiger partial charge in [-0.1, -0.05) is 11.6 Å². The molecule has 1 fully saturated rings. The van der Waals surface area contributed by atoms with E-state index >= 15 is 0 Å². The number of ether oxygens (including phenoxy) is 1. The summed E-state index contributed by atoms with van der Waals surface area (Å²) in [6.07, 6.45) is 2.79. The van der Waals surface area contributed by atoms with E-state index in [-0.39, 0.29) is 5.91 Å². The van der Waals surface area contributed by atoms with Crippen molar-refractivity contribution in [2.45, 2.75) is 25.3 Å². The van der Waals surface area contributed by atoms with Crippen LogP contribution in [0, 0.1) is 0 Å². The molecule has 0 radical (unpaired) electrons. The van der Waals surface area contributed by atoms with Gasteiger partial charge < -0.3 is 15.0 Å². The lowest BCUT2D eigenvalue weighted by atomic mass is 10.1. The number of likely N-dealkylation sites (tertiary alicyclic amines) is 1. The Hall–Kier alpha value is -1.26. The molecule has 4 nitrogen and oxygen atoms in total. The van der Waals surface area contributed by atoms with E-state index < -0.39 is 0 Å². The number of halogens is 1. The quantitative estimate of drug-likeness (QED) is 0.923. The van der Waals surface area contributed by atoms with Gasteiger partial charge in [-0.25, -0.2) is 0 Å². The third kappa shape index (κ3) is 3.61. The highest BCUT2D eigenvalue weighted by Crippen LogP contribution is 2.27. The van der Waals surface area contributed by atoms with Crippen molar-refractivity contribution < 1.29 is 9.53 Å². The molecule has 1 heterocycles. The molecule has 104 valence electrons.